The molecule has 196 valence electrons. The molecule has 0 radical (unpaired) electrons. The number of nitriles is 1. The van der Waals surface area contributed by atoms with E-state index in [9.17, 15) is 0 Å². The number of piperidine rings is 1. The third-order valence-corrected chi connectivity index (χ3v) is 7.07. The van der Waals surface area contributed by atoms with E-state index in [1.165, 1.54) is 25.7 Å². The maximum atomic E-state index is 8.93. The lowest BCUT2D eigenvalue weighted by Crippen LogP contribution is -2.33. The smallest absolute Gasteiger partial charge is 0.203 e. The molecular formula is C27H36Cl2N4O3. The van der Waals surface area contributed by atoms with E-state index >= 15 is 0 Å². The average Bonchev–Trinajstić information content (AvgIpc) is 3.40. The number of ether oxygens (including phenoxy) is 1. The summed E-state index contributed by atoms with van der Waals surface area (Å²) in [7, 11) is 4.14. The molecule has 2 aromatic heterocycles. The minimum Gasteiger partial charge on any atom is -0.493 e. The molecule has 3 aromatic rings. The van der Waals surface area contributed by atoms with E-state index in [2.05, 4.69) is 47.3 Å². The van der Waals surface area contributed by atoms with Gasteiger partial charge in [-0.2, -0.15) is 5.26 Å². The summed E-state index contributed by atoms with van der Waals surface area (Å²) in [6, 6.07) is 9.95. The number of aryl methyl sites for hydroxylation is 1. The van der Waals surface area contributed by atoms with Gasteiger partial charge in [0.25, 0.3) is 0 Å². The van der Waals surface area contributed by atoms with Crippen LogP contribution in [0.5, 0.6) is 5.75 Å². The fourth-order valence-electron chi connectivity index (χ4n) is 4.88. The molecule has 0 N–H and O–H groups in total. The fourth-order valence-corrected chi connectivity index (χ4v) is 4.88. The van der Waals surface area contributed by atoms with Gasteiger partial charge in [-0.25, -0.2) is 0 Å². The first-order chi connectivity index (χ1) is 16.6. The number of aromatic nitrogens is 1. The predicted molar refractivity (Wildman–Crippen MR) is 144 cm³/mol. The molecule has 1 saturated carbocycles. The minimum absolute atomic E-state index is 0. The zero-order chi connectivity index (χ0) is 23.5. The van der Waals surface area contributed by atoms with Gasteiger partial charge < -0.3 is 18.6 Å². The van der Waals surface area contributed by atoms with Crippen molar-refractivity contribution >= 4 is 35.8 Å². The zero-order valence-electron chi connectivity index (χ0n) is 21.1. The number of halogens is 2. The Hall–Kier alpha value is -2.24. The van der Waals surface area contributed by atoms with Gasteiger partial charge in [-0.05, 0) is 102 Å². The predicted octanol–water partition coefficient (Wildman–Crippen LogP) is 5.83. The van der Waals surface area contributed by atoms with E-state index in [1.54, 1.807) is 6.07 Å². The Balaban J connectivity index is 0.00000180. The molecule has 3 heterocycles. The second-order valence-electron chi connectivity index (χ2n) is 10.2. The number of hydrogen-bond acceptors (Lipinski definition) is 7. The molecule has 1 aliphatic heterocycles. The first-order valence-electron chi connectivity index (χ1n) is 12.5. The number of rotatable bonds is 10. The first kappa shape index (κ1) is 28.3. The quantitative estimate of drug-likeness (QED) is 0.323. The molecule has 5 rings (SSSR count). The Morgan fingerprint density at radius 1 is 1.08 bits per heavy atom. The lowest BCUT2D eigenvalue weighted by molar-refractivity contribution is 0.162. The van der Waals surface area contributed by atoms with Crippen LogP contribution in [0.2, 0.25) is 0 Å². The van der Waals surface area contributed by atoms with E-state index in [0.29, 0.717) is 17.6 Å². The summed E-state index contributed by atoms with van der Waals surface area (Å²) in [5.41, 5.74) is 3.04. The van der Waals surface area contributed by atoms with Crippen molar-refractivity contribution in [3.8, 4) is 11.8 Å². The average molecular weight is 536 g/mol. The van der Waals surface area contributed by atoms with Crippen LogP contribution in [-0.2, 0) is 19.5 Å². The van der Waals surface area contributed by atoms with Crippen molar-refractivity contribution in [2.24, 2.45) is 11.8 Å². The van der Waals surface area contributed by atoms with Crippen molar-refractivity contribution in [2.75, 3.05) is 33.8 Å². The van der Waals surface area contributed by atoms with Crippen LogP contribution in [0, 0.1) is 23.2 Å². The van der Waals surface area contributed by atoms with E-state index < -0.39 is 0 Å². The van der Waals surface area contributed by atoms with E-state index in [-0.39, 0.29) is 24.8 Å². The maximum Gasteiger partial charge on any atom is 0.203 e. The summed E-state index contributed by atoms with van der Waals surface area (Å²) in [4.78, 5) is 4.57. The Morgan fingerprint density at radius 3 is 2.53 bits per heavy atom. The number of benzene rings is 1. The summed E-state index contributed by atoms with van der Waals surface area (Å²) >= 11 is 0. The lowest BCUT2D eigenvalue weighted by Gasteiger charge is -2.31. The van der Waals surface area contributed by atoms with Gasteiger partial charge in [0, 0.05) is 11.9 Å². The van der Waals surface area contributed by atoms with E-state index in [1.807, 2.05) is 6.07 Å². The third-order valence-electron chi connectivity index (χ3n) is 7.07. The Labute approximate surface area is 225 Å². The zero-order valence-corrected chi connectivity index (χ0v) is 22.7. The lowest BCUT2D eigenvalue weighted by atomic mass is 9.91. The molecule has 2 aliphatic rings. The Morgan fingerprint density at radius 2 is 1.86 bits per heavy atom. The number of nitrogens with zero attached hydrogens (tertiary/aromatic N) is 4. The molecule has 9 heteroatoms. The van der Waals surface area contributed by atoms with Gasteiger partial charge in [0.1, 0.15) is 17.6 Å². The van der Waals surface area contributed by atoms with Crippen molar-refractivity contribution < 1.29 is 13.7 Å². The van der Waals surface area contributed by atoms with Crippen LogP contribution in [0.25, 0.3) is 11.0 Å². The molecular weight excluding hydrogens is 499 g/mol. The summed E-state index contributed by atoms with van der Waals surface area (Å²) in [5, 5.41) is 14.5. The normalized spacial score (nSPS) is 16.5. The van der Waals surface area contributed by atoms with Crippen molar-refractivity contribution in [3.63, 3.8) is 0 Å². The number of hydrogen-bond donors (Lipinski definition) is 0. The second-order valence-corrected chi connectivity index (χ2v) is 10.2. The van der Waals surface area contributed by atoms with Crippen molar-refractivity contribution in [3.05, 3.63) is 47.0 Å². The molecule has 1 aromatic carbocycles. The first-order valence-corrected chi connectivity index (χ1v) is 12.5. The minimum atomic E-state index is 0. The van der Waals surface area contributed by atoms with Gasteiger partial charge in [-0.15, -0.1) is 24.8 Å². The van der Waals surface area contributed by atoms with Crippen LogP contribution in [0.4, 0.5) is 0 Å². The van der Waals surface area contributed by atoms with Gasteiger partial charge in [-0.1, -0.05) is 5.16 Å². The van der Waals surface area contributed by atoms with Crippen molar-refractivity contribution in [1.29, 1.82) is 5.26 Å². The van der Waals surface area contributed by atoms with Crippen LogP contribution in [0.3, 0.4) is 0 Å². The maximum absolute atomic E-state index is 8.93. The Kier molecular flexibility index (Phi) is 10.1. The van der Waals surface area contributed by atoms with Gasteiger partial charge in [0.15, 0.2) is 5.58 Å². The number of furan rings is 1. The molecule has 0 spiro atoms. The highest BCUT2D eigenvalue weighted by molar-refractivity contribution is 5.86. The SMILES string of the molecule is CN(C)Cc1c(OCC2CC2)ccc2c(CCC3CCN(Cc4ccc(C#N)o4)CC3)noc12.Cl.Cl. The molecule has 2 fully saturated rings. The molecule has 0 bridgehead atoms. The van der Waals surface area contributed by atoms with Gasteiger partial charge in [0.2, 0.25) is 5.76 Å². The van der Waals surface area contributed by atoms with Gasteiger partial charge >= 0.3 is 0 Å². The molecule has 0 atom stereocenters. The highest BCUT2D eigenvalue weighted by Crippen LogP contribution is 2.35. The standard InChI is InChI=1S/C27H34N4O3.2ClH/c1-30(2)17-24-26(32-18-20-3-4-20)10-8-23-25(29-34-27(23)24)9-5-19-11-13-31(14-12-19)16-22-7-6-21(15-28)33-22;;/h6-8,10,19-20H,3-5,9,11-14,16-18H2,1-2H3;2*1H. The Bertz CT molecular complexity index is 1160. The number of fused-ring (bicyclic) bond motifs is 1. The van der Waals surface area contributed by atoms with Gasteiger partial charge in [-0.3, -0.25) is 4.90 Å². The van der Waals surface area contributed by atoms with Crippen LogP contribution in [-0.4, -0.2) is 48.7 Å². The molecule has 0 amide bonds. The van der Waals surface area contributed by atoms with Crippen LogP contribution in [0.1, 0.15) is 54.9 Å². The van der Waals surface area contributed by atoms with Crippen LogP contribution < -0.4 is 4.74 Å². The summed E-state index contributed by atoms with van der Waals surface area (Å²) < 4.78 is 17.6. The van der Waals surface area contributed by atoms with Crippen molar-refractivity contribution in [1.82, 2.24) is 15.0 Å². The molecule has 0 unspecified atom stereocenters. The van der Waals surface area contributed by atoms with Crippen molar-refractivity contribution in [2.45, 2.75) is 51.6 Å². The number of likely N-dealkylation sites (tertiary alicyclic amines) is 1. The molecule has 7 nitrogen and oxygen atoms in total. The molecule has 1 aliphatic carbocycles. The highest BCUT2D eigenvalue weighted by atomic mass is 35.5. The fraction of sp³-hybridized carbons (Fsp3) is 0.556. The summed E-state index contributed by atoms with van der Waals surface area (Å²) in [6.45, 7) is 4.46. The van der Waals surface area contributed by atoms with Crippen LogP contribution >= 0.6 is 24.8 Å². The largest absolute Gasteiger partial charge is 0.493 e. The molecule has 1 saturated heterocycles. The highest BCUT2D eigenvalue weighted by Gasteiger charge is 2.25. The van der Waals surface area contributed by atoms with E-state index in [0.717, 1.165) is 79.4 Å². The monoisotopic (exact) mass is 534 g/mol. The second kappa shape index (κ2) is 12.8. The van der Waals surface area contributed by atoms with E-state index in [4.69, 9.17) is 18.9 Å². The summed E-state index contributed by atoms with van der Waals surface area (Å²) in [6.07, 6.45) is 6.96. The summed E-state index contributed by atoms with van der Waals surface area (Å²) in [5.74, 6) is 3.60. The van der Waals surface area contributed by atoms with Crippen LogP contribution in [0.15, 0.2) is 33.2 Å². The molecule has 36 heavy (non-hydrogen) atoms. The van der Waals surface area contributed by atoms with Gasteiger partial charge in [0.05, 0.1) is 24.4 Å². The topological polar surface area (TPSA) is 78.7 Å². The third kappa shape index (κ3) is 6.95.